The van der Waals surface area contributed by atoms with Crippen molar-refractivity contribution in [1.29, 1.82) is 0 Å². The Morgan fingerprint density at radius 1 is 1.20 bits per heavy atom. The normalized spacial score (nSPS) is 14.9. The van der Waals surface area contributed by atoms with Crippen molar-refractivity contribution in [2.45, 2.75) is 33.6 Å². The lowest BCUT2D eigenvalue weighted by Crippen LogP contribution is -2.47. The number of nitrogens with zero attached hydrogens (tertiary/aromatic N) is 4. The Morgan fingerprint density at radius 2 is 2.00 bits per heavy atom. The fourth-order valence-corrected chi connectivity index (χ4v) is 3.98. The third-order valence-electron chi connectivity index (χ3n) is 5.59. The number of hydrogen-bond acceptors (Lipinski definition) is 4. The van der Waals surface area contributed by atoms with E-state index in [-0.39, 0.29) is 5.91 Å². The lowest BCUT2D eigenvalue weighted by atomic mass is 10.0. The van der Waals surface area contributed by atoms with Gasteiger partial charge in [-0.05, 0) is 37.5 Å². The molecule has 1 fully saturated rings. The third kappa shape index (κ3) is 4.28. The molecule has 1 aliphatic rings. The van der Waals surface area contributed by atoms with E-state index in [1.54, 1.807) is 0 Å². The molecule has 3 aromatic rings. The Bertz CT molecular complexity index is 1080. The molecule has 156 valence electrons. The van der Waals surface area contributed by atoms with E-state index in [1.807, 2.05) is 16.3 Å². The molecule has 0 saturated carbocycles. The van der Waals surface area contributed by atoms with E-state index >= 15 is 0 Å². The number of carbonyl (C=O) groups excluding carboxylic acids is 1. The van der Waals surface area contributed by atoms with Crippen LogP contribution in [0.15, 0.2) is 36.4 Å². The maximum atomic E-state index is 11.8. The molecule has 1 saturated heterocycles. The summed E-state index contributed by atoms with van der Waals surface area (Å²) in [5.74, 6) is 0.167. The molecule has 1 aliphatic heterocycles. The van der Waals surface area contributed by atoms with E-state index in [0.29, 0.717) is 13.1 Å². The summed E-state index contributed by atoms with van der Waals surface area (Å²) in [5, 5.41) is 7.88. The minimum absolute atomic E-state index is 0.167. The predicted octanol–water partition coefficient (Wildman–Crippen LogP) is 2.94. The zero-order valence-corrected chi connectivity index (χ0v) is 18.0. The van der Waals surface area contributed by atoms with E-state index in [9.17, 15) is 4.79 Å². The molecule has 4 rings (SSSR count). The summed E-state index contributed by atoms with van der Waals surface area (Å²) in [7, 11) is 0. The van der Waals surface area contributed by atoms with Crippen molar-refractivity contribution < 1.29 is 4.79 Å². The van der Waals surface area contributed by atoms with Crippen LogP contribution in [0, 0.1) is 13.8 Å². The van der Waals surface area contributed by atoms with Gasteiger partial charge in [0.05, 0.1) is 12.2 Å². The molecule has 0 atom stereocenters. The number of aromatic nitrogens is 3. The van der Waals surface area contributed by atoms with E-state index in [1.165, 1.54) is 11.1 Å². The average Bonchev–Trinajstić information content (AvgIpc) is 3.08. The van der Waals surface area contributed by atoms with Crippen molar-refractivity contribution in [3.8, 4) is 0 Å². The van der Waals surface area contributed by atoms with Crippen LogP contribution in [0.1, 0.15) is 40.7 Å². The maximum Gasteiger partial charge on any atom is 0.236 e. The average molecular weight is 404 g/mol. The monoisotopic (exact) mass is 403 g/mol. The fourth-order valence-electron chi connectivity index (χ4n) is 3.98. The summed E-state index contributed by atoms with van der Waals surface area (Å²) in [6, 6.07) is 10.7. The van der Waals surface area contributed by atoms with Gasteiger partial charge in [-0.1, -0.05) is 43.3 Å². The molecule has 1 amide bonds. The number of carbonyl (C=O) groups is 1. The van der Waals surface area contributed by atoms with Crippen LogP contribution in [-0.4, -0.2) is 51.6 Å². The van der Waals surface area contributed by atoms with Gasteiger partial charge in [0.25, 0.3) is 0 Å². The Kier molecular flexibility index (Phi) is 5.95. The quantitative estimate of drug-likeness (QED) is 0.687. The highest BCUT2D eigenvalue weighted by molar-refractivity contribution is 5.79. The van der Waals surface area contributed by atoms with Gasteiger partial charge in [-0.25, -0.2) is 9.50 Å². The maximum absolute atomic E-state index is 11.8. The zero-order valence-electron chi connectivity index (χ0n) is 18.0. The molecule has 3 heterocycles. The third-order valence-corrected chi connectivity index (χ3v) is 5.59. The van der Waals surface area contributed by atoms with Gasteiger partial charge in [0.15, 0.2) is 5.65 Å². The molecule has 0 spiro atoms. The Hall–Kier alpha value is -2.99. The van der Waals surface area contributed by atoms with Crippen molar-refractivity contribution in [2.24, 2.45) is 0 Å². The highest BCUT2D eigenvalue weighted by atomic mass is 16.2. The molecular formula is C24H29N5O. The summed E-state index contributed by atoms with van der Waals surface area (Å²) in [6.07, 6.45) is 5.86. The first kappa shape index (κ1) is 20.3. The number of rotatable bonds is 6. The first-order valence-corrected chi connectivity index (χ1v) is 10.6. The van der Waals surface area contributed by atoms with Crippen LogP contribution in [0.25, 0.3) is 11.7 Å². The summed E-state index contributed by atoms with van der Waals surface area (Å²) in [5.41, 5.74) is 7.81. The van der Waals surface area contributed by atoms with Crippen molar-refractivity contribution in [2.75, 3.05) is 26.2 Å². The van der Waals surface area contributed by atoms with E-state index < -0.39 is 0 Å². The highest BCUT2D eigenvalue weighted by Crippen LogP contribution is 2.21. The van der Waals surface area contributed by atoms with Crippen molar-refractivity contribution in [3.63, 3.8) is 0 Å². The Balaban J connectivity index is 1.49. The molecule has 2 aromatic heterocycles. The van der Waals surface area contributed by atoms with Gasteiger partial charge in [0.2, 0.25) is 5.91 Å². The molecular weight excluding hydrogens is 374 g/mol. The minimum atomic E-state index is 0.167. The smallest absolute Gasteiger partial charge is 0.236 e. The number of amides is 1. The van der Waals surface area contributed by atoms with E-state index in [4.69, 9.17) is 10.1 Å². The molecule has 0 radical (unpaired) electrons. The number of hydrogen-bond donors (Lipinski definition) is 1. The van der Waals surface area contributed by atoms with Gasteiger partial charge >= 0.3 is 0 Å². The lowest BCUT2D eigenvalue weighted by Gasteiger charge is -2.26. The fraction of sp³-hybridized carbons (Fsp3) is 0.375. The van der Waals surface area contributed by atoms with Crippen LogP contribution in [0.4, 0.5) is 0 Å². The summed E-state index contributed by atoms with van der Waals surface area (Å²) < 4.78 is 1.97. The molecule has 0 bridgehead atoms. The number of fused-ring (bicyclic) bond motifs is 1. The molecule has 6 heteroatoms. The van der Waals surface area contributed by atoms with Crippen LogP contribution >= 0.6 is 0 Å². The minimum Gasteiger partial charge on any atom is -0.337 e. The highest BCUT2D eigenvalue weighted by Gasteiger charge is 2.16. The van der Waals surface area contributed by atoms with Crippen molar-refractivity contribution in [1.82, 2.24) is 24.8 Å². The van der Waals surface area contributed by atoms with Gasteiger partial charge in [0, 0.05) is 43.0 Å². The topological polar surface area (TPSA) is 62.5 Å². The molecule has 6 nitrogen and oxygen atoms in total. The number of piperazine rings is 1. The molecule has 0 unspecified atom stereocenters. The van der Waals surface area contributed by atoms with Crippen LogP contribution in [0.5, 0.6) is 0 Å². The second kappa shape index (κ2) is 8.79. The van der Waals surface area contributed by atoms with E-state index in [0.717, 1.165) is 54.2 Å². The second-order valence-corrected chi connectivity index (χ2v) is 7.89. The standard InChI is InChI=1S/C24H29N5O/c1-4-22-21(24-26-17(2)14-18(3)29(24)27-22)15-20-9-7-19(8-10-20)6-5-12-28-13-11-25-16-23(28)30/h5-10,14,25H,4,11-13,15-16H2,1-3H3. The Labute approximate surface area is 177 Å². The molecule has 0 aliphatic carbocycles. The molecule has 1 aromatic carbocycles. The van der Waals surface area contributed by atoms with Gasteiger partial charge < -0.3 is 10.2 Å². The number of benzene rings is 1. The SMILES string of the molecule is CCc1nn2c(C)cc(C)nc2c1Cc1ccc(C=CCN2CCNCC2=O)cc1. The van der Waals surface area contributed by atoms with Crippen molar-refractivity contribution >= 4 is 17.6 Å². The largest absolute Gasteiger partial charge is 0.337 e. The zero-order chi connectivity index (χ0) is 21.1. The molecule has 1 N–H and O–H groups in total. The second-order valence-electron chi connectivity index (χ2n) is 7.89. The lowest BCUT2D eigenvalue weighted by molar-refractivity contribution is -0.131. The summed E-state index contributed by atoms with van der Waals surface area (Å²) in [6.45, 7) is 9.00. The first-order chi connectivity index (χ1) is 14.5. The van der Waals surface area contributed by atoms with Crippen LogP contribution in [0.3, 0.4) is 0 Å². The van der Waals surface area contributed by atoms with Gasteiger partial charge in [-0.3, -0.25) is 4.79 Å². The molecule has 30 heavy (non-hydrogen) atoms. The van der Waals surface area contributed by atoms with Gasteiger partial charge in [-0.15, -0.1) is 0 Å². The van der Waals surface area contributed by atoms with Crippen LogP contribution < -0.4 is 5.32 Å². The summed E-state index contributed by atoms with van der Waals surface area (Å²) in [4.78, 5) is 18.5. The van der Waals surface area contributed by atoms with E-state index in [2.05, 4.69) is 61.6 Å². The van der Waals surface area contributed by atoms with Crippen molar-refractivity contribution in [3.05, 3.63) is 70.2 Å². The predicted molar refractivity (Wildman–Crippen MR) is 120 cm³/mol. The Morgan fingerprint density at radius 3 is 2.73 bits per heavy atom. The number of nitrogens with one attached hydrogen (secondary N) is 1. The van der Waals surface area contributed by atoms with Crippen LogP contribution in [-0.2, 0) is 17.6 Å². The number of aryl methyl sites for hydroxylation is 3. The van der Waals surface area contributed by atoms with Gasteiger partial charge in [0.1, 0.15) is 0 Å². The van der Waals surface area contributed by atoms with Crippen LogP contribution in [0.2, 0.25) is 0 Å². The first-order valence-electron chi connectivity index (χ1n) is 10.6. The summed E-state index contributed by atoms with van der Waals surface area (Å²) >= 11 is 0. The van der Waals surface area contributed by atoms with Gasteiger partial charge in [-0.2, -0.15) is 5.10 Å².